The standard InChI is InChI=1S/C8H18.2C2H4/c1-3-5-7-8-6-4-2;2*1-2/h3-8H2,1-2H3;2*1-2H2. The first kappa shape index (κ1) is 17.5. The van der Waals surface area contributed by atoms with Gasteiger partial charge in [-0.05, 0) is 0 Å². The van der Waals surface area contributed by atoms with Gasteiger partial charge in [0.15, 0.2) is 0 Å². The van der Waals surface area contributed by atoms with Gasteiger partial charge in [0.05, 0.1) is 0 Å². The Morgan fingerprint density at radius 2 is 0.833 bits per heavy atom. The normalized spacial score (nSPS) is 7.17. The van der Waals surface area contributed by atoms with Crippen LogP contribution in [-0.4, -0.2) is 0 Å². The first-order valence-electron chi connectivity index (χ1n) is 4.91. The summed E-state index contributed by atoms with van der Waals surface area (Å²) in [4.78, 5) is 0. The summed E-state index contributed by atoms with van der Waals surface area (Å²) >= 11 is 0. The van der Waals surface area contributed by atoms with Crippen LogP contribution in [0.3, 0.4) is 0 Å². The lowest BCUT2D eigenvalue weighted by atomic mass is 10.1. The third kappa shape index (κ3) is 34.0. The van der Waals surface area contributed by atoms with Gasteiger partial charge in [-0.2, -0.15) is 0 Å². The van der Waals surface area contributed by atoms with Gasteiger partial charge in [-0.25, -0.2) is 0 Å². The monoisotopic (exact) mass is 170 g/mol. The van der Waals surface area contributed by atoms with Crippen LogP contribution in [0.15, 0.2) is 26.3 Å². The summed E-state index contributed by atoms with van der Waals surface area (Å²) in [7, 11) is 0. The van der Waals surface area contributed by atoms with Crippen LogP contribution in [0.25, 0.3) is 0 Å². The molecule has 0 bridgehead atoms. The van der Waals surface area contributed by atoms with Crippen molar-refractivity contribution in [3.05, 3.63) is 26.3 Å². The Kier molecular flexibility index (Phi) is 45.8. The van der Waals surface area contributed by atoms with Crippen LogP contribution in [-0.2, 0) is 0 Å². The molecule has 0 nitrogen and oxygen atoms in total. The van der Waals surface area contributed by atoms with E-state index in [-0.39, 0.29) is 0 Å². The average Bonchev–Trinajstić information content (AvgIpc) is 2.19. The third-order valence-corrected chi connectivity index (χ3v) is 1.46. The van der Waals surface area contributed by atoms with E-state index < -0.39 is 0 Å². The maximum absolute atomic E-state index is 3.00. The Morgan fingerprint density at radius 1 is 0.583 bits per heavy atom. The molecule has 12 heavy (non-hydrogen) atoms. The molecular formula is C12H26. The highest BCUT2D eigenvalue weighted by molar-refractivity contribution is 4.39. The summed E-state index contributed by atoms with van der Waals surface area (Å²) in [6.07, 6.45) is 8.49. The number of hydrogen-bond donors (Lipinski definition) is 0. The van der Waals surface area contributed by atoms with Gasteiger partial charge >= 0.3 is 0 Å². The van der Waals surface area contributed by atoms with E-state index in [1.165, 1.54) is 38.5 Å². The van der Waals surface area contributed by atoms with Crippen molar-refractivity contribution < 1.29 is 0 Å². The van der Waals surface area contributed by atoms with E-state index >= 15 is 0 Å². The van der Waals surface area contributed by atoms with Crippen LogP contribution >= 0.6 is 0 Å². The molecule has 0 saturated heterocycles. The van der Waals surface area contributed by atoms with Gasteiger partial charge in [0, 0.05) is 0 Å². The minimum atomic E-state index is 1.36. The zero-order valence-corrected chi connectivity index (χ0v) is 9.07. The highest BCUT2D eigenvalue weighted by atomic mass is 13.9. The summed E-state index contributed by atoms with van der Waals surface area (Å²) < 4.78 is 0. The van der Waals surface area contributed by atoms with E-state index in [9.17, 15) is 0 Å². The molecule has 0 aromatic carbocycles. The minimum absolute atomic E-state index is 1.36. The molecule has 0 N–H and O–H groups in total. The molecule has 0 aliphatic rings. The highest BCUT2D eigenvalue weighted by Gasteiger charge is 1.83. The predicted molar refractivity (Wildman–Crippen MR) is 61.6 cm³/mol. The molecule has 0 saturated carbocycles. The molecule has 74 valence electrons. The fraction of sp³-hybridized carbons (Fsp3) is 0.667. The largest absolute Gasteiger partial charge is 0.106 e. The Morgan fingerprint density at radius 3 is 1.00 bits per heavy atom. The quantitative estimate of drug-likeness (QED) is 0.403. The van der Waals surface area contributed by atoms with E-state index in [0.29, 0.717) is 0 Å². The molecule has 0 spiro atoms. The zero-order chi connectivity index (χ0) is 10.2. The topological polar surface area (TPSA) is 0 Å². The van der Waals surface area contributed by atoms with E-state index in [1.54, 1.807) is 0 Å². The molecule has 0 radical (unpaired) electrons. The molecule has 0 fully saturated rings. The summed E-state index contributed by atoms with van der Waals surface area (Å²) in [6, 6.07) is 0. The number of unbranched alkanes of at least 4 members (excludes halogenated alkanes) is 5. The molecule has 0 amide bonds. The smallest absolute Gasteiger partial charge is 0.0533 e. The van der Waals surface area contributed by atoms with Crippen molar-refractivity contribution in [1.82, 2.24) is 0 Å². The fourth-order valence-corrected chi connectivity index (χ4v) is 0.854. The minimum Gasteiger partial charge on any atom is -0.106 e. The van der Waals surface area contributed by atoms with Gasteiger partial charge in [-0.3, -0.25) is 0 Å². The van der Waals surface area contributed by atoms with E-state index in [1.807, 2.05) is 0 Å². The van der Waals surface area contributed by atoms with Crippen molar-refractivity contribution in [2.45, 2.75) is 52.4 Å². The van der Waals surface area contributed by atoms with Gasteiger partial charge in [0.1, 0.15) is 0 Å². The highest BCUT2D eigenvalue weighted by Crippen LogP contribution is 2.03. The first-order chi connectivity index (χ1) is 5.91. The fourth-order valence-electron chi connectivity index (χ4n) is 0.854. The van der Waals surface area contributed by atoms with Crippen LogP contribution in [0.4, 0.5) is 0 Å². The Labute approximate surface area is 79.4 Å². The lowest BCUT2D eigenvalue weighted by Gasteiger charge is -1.93. The van der Waals surface area contributed by atoms with Gasteiger partial charge in [0.25, 0.3) is 0 Å². The summed E-state index contributed by atoms with van der Waals surface area (Å²) in [5.41, 5.74) is 0. The molecule has 0 heteroatoms. The second-order valence-electron chi connectivity index (χ2n) is 2.41. The van der Waals surface area contributed by atoms with Crippen molar-refractivity contribution in [2.24, 2.45) is 0 Å². The van der Waals surface area contributed by atoms with Crippen LogP contribution in [0.2, 0.25) is 0 Å². The molecule has 0 aliphatic carbocycles. The lowest BCUT2D eigenvalue weighted by molar-refractivity contribution is 0.624. The van der Waals surface area contributed by atoms with Crippen molar-refractivity contribution in [3.63, 3.8) is 0 Å². The van der Waals surface area contributed by atoms with Crippen molar-refractivity contribution in [3.8, 4) is 0 Å². The molecule has 0 rings (SSSR count). The maximum Gasteiger partial charge on any atom is -0.0533 e. The first-order valence-corrected chi connectivity index (χ1v) is 4.91. The van der Waals surface area contributed by atoms with Crippen molar-refractivity contribution in [2.75, 3.05) is 0 Å². The molecule has 0 atom stereocenters. The predicted octanol–water partition coefficient (Wildman–Crippen LogP) is 4.97. The number of hydrogen-bond acceptors (Lipinski definition) is 0. The Bertz CT molecular complexity index is 40.0. The van der Waals surface area contributed by atoms with Crippen LogP contribution in [0, 0.1) is 0 Å². The number of rotatable bonds is 5. The van der Waals surface area contributed by atoms with Gasteiger partial charge in [-0.15, -0.1) is 26.3 Å². The molecule has 0 aromatic heterocycles. The van der Waals surface area contributed by atoms with Crippen LogP contribution in [0.1, 0.15) is 52.4 Å². The van der Waals surface area contributed by atoms with Gasteiger partial charge in [-0.1, -0.05) is 52.4 Å². The lowest BCUT2D eigenvalue weighted by Crippen LogP contribution is -1.73. The zero-order valence-electron chi connectivity index (χ0n) is 9.07. The van der Waals surface area contributed by atoms with E-state index in [4.69, 9.17) is 0 Å². The van der Waals surface area contributed by atoms with Crippen molar-refractivity contribution in [1.29, 1.82) is 0 Å². The molecule has 0 aliphatic heterocycles. The average molecular weight is 170 g/mol. The van der Waals surface area contributed by atoms with Crippen LogP contribution in [0.5, 0.6) is 0 Å². The molecule has 0 heterocycles. The van der Waals surface area contributed by atoms with Gasteiger partial charge in [0.2, 0.25) is 0 Å². The second kappa shape index (κ2) is 31.4. The molecule has 0 unspecified atom stereocenters. The summed E-state index contributed by atoms with van der Waals surface area (Å²) in [5, 5.41) is 0. The molecule has 0 aromatic rings. The molecular weight excluding hydrogens is 144 g/mol. The van der Waals surface area contributed by atoms with E-state index in [2.05, 4.69) is 40.2 Å². The van der Waals surface area contributed by atoms with Crippen LogP contribution < -0.4 is 0 Å². The summed E-state index contributed by atoms with van der Waals surface area (Å²) in [5.74, 6) is 0. The summed E-state index contributed by atoms with van der Waals surface area (Å²) in [6.45, 7) is 16.5. The third-order valence-electron chi connectivity index (χ3n) is 1.46. The Hall–Kier alpha value is -0.520. The SMILES string of the molecule is C=C.C=C.CCCCCCCC. The Balaban J connectivity index is -0.000000175. The van der Waals surface area contributed by atoms with E-state index in [0.717, 1.165) is 0 Å². The maximum atomic E-state index is 3.00. The van der Waals surface area contributed by atoms with Gasteiger partial charge < -0.3 is 0 Å². The van der Waals surface area contributed by atoms with Crippen molar-refractivity contribution >= 4 is 0 Å². The second-order valence-corrected chi connectivity index (χ2v) is 2.41.